The molecular formula is C13H19NO5S. The quantitative estimate of drug-likeness (QED) is 0.542. The largest absolute Gasteiger partial charge is 0.356 e. The molecule has 0 spiro atoms. The number of benzene rings is 1. The third-order valence-electron chi connectivity index (χ3n) is 2.35. The Morgan fingerprint density at radius 2 is 1.90 bits per heavy atom. The lowest BCUT2D eigenvalue weighted by atomic mass is 10.1. The van der Waals surface area contributed by atoms with Gasteiger partial charge in [-0.2, -0.15) is 4.21 Å². The molecular weight excluding hydrogens is 282 g/mol. The maximum atomic E-state index is 11.5. The van der Waals surface area contributed by atoms with E-state index in [9.17, 15) is 9.59 Å². The Morgan fingerprint density at radius 3 is 2.40 bits per heavy atom. The van der Waals surface area contributed by atoms with E-state index in [0.717, 1.165) is 11.8 Å². The molecule has 0 saturated carbocycles. The summed E-state index contributed by atoms with van der Waals surface area (Å²) in [7, 11) is 0. The van der Waals surface area contributed by atoms with Crippen molar-refractivity contribution < 1.29 is 22.9 Å². The Bertz CT molecular complexity index is 420. The molecule has 0 saturated heterocycles. The van der Waals surface area contributed by atoms with Crippen molar-refractivity contribution in [3.05, 3.63) is 35.9 Å². The van der Waals surface area contributed by atoms with E-state index in [1.54, 1.807) is 0 Å². The molecule has 1 aromatic carbocycles. The van der Waals surface area contributed by atoms with Crippen LogP contribution in [0, 0.1) is 5.92 Å². The highest BCUT2D eigenvalue weighted by atomic mass is 32.2. The number of aldehydes is 1. The van der Waals surface area contributed by atoms with E-state index in [4.69, 9.17) is 13.3 Å². The van der Waals surface area contributed by atoms with Gasteiger partial charge in [0.1, 0.15) is 6.29 Å². The molecule has 0 aromatic heterocycles. The Hall–Kier alpha value is -1.57. The first-order valence-electron chi connectivity index (χ1n) is 6.00. The first kappa shape index (κ1) is 18.4. The fourth-order valence-corrected chi connectivity index (χ4v) is 1.38. The van der Waals surface area contributed by atoms with Gasteiger partial charge in [0.2, 0.25) is 5.91 Å². The van der Waals surface area contributed by atoms with Crippen LogP contribution in [0.5, 0.6) is 0 Å². The van der Waals surface area contributed by atoms with Gasteiger partial charge in [-0.25, -0.2) is 0 Å². The Labute approximate surface area is 120 Å². The molecule has 1 amide bonds. The summed E-state index contributed by atoms with van der Waals surface area (Å²) in [4.78, 5) is 21.8. The van der Waals surface area contributed by atoms with Crippen molar-refractivity contribution in [3.63, 3.8) is 0 Å². The van der Waals surface area contributed by atoms with E-state index >= 15 is 0 Å². The molecule has 0 aliphatic carbocycles. The minimum atomic E-state index is -2.61. The summed E-state index contributed by atoms with van der Waals surface area (Å²) in [5, 5.41) is 2.82. The minimum absolute atomic E-state index is 0.00366. The topological polar surface area (TPSA) is 104 Å². The van der Waals surface area contributed by atoms with E-state index in [2.05, 4.69) is 5.32 Å². The summed E-state index contributed by atoms with van der Waals surface area (Å²) >= 11 is -2.61. The van der Waals surface area contributed by atoms with Crippen LogP contribution in [0.4, 0.5) is 0 Å². The zero-order valence-electron chi connectivity index (χ0n) is 11.2. The van der Waals surface area contributed by atoms with Gasteiger partial charge in [-0.05, 0) is 11.5 Å². The van der Waals surface area contributed by atoms with Crippen LogP contribution >= 0.6 is 0 Å². The lowest BCUT2D eigenvalue weighted by Gasteiger charge is -2.09. The molecule has 6 nitrogen and oxygen atoms in total. The standard InChI is InChI=1S/C13H17NO2.H2O3S/c1-11(7-8-15)10-14-13(16)9-12-5-3-2-4-6-12;1-4(2)3/h2-6,8,11H,7,9-10H2,1H3,(H,14,16);(H2,1,2,3). The maximum absolute atomic E-state index is 11.5. The molecule has 1 atom stereocenters. The molecule has 0 radical (unpaired) electrons. The van der Waals surface area contributed by atoms with Crippen molar-refractivity contribution in [2.75, 3.05) is 6.54 Å². The van der Waals surface area contributed by atoms with Gasteiger partial charge in [0.25, 0.3) is 11.4 Å². The van der Waals surface area contributed by atoms with Crippen molar-refractivity contribution in [1.29, 1.82) is 0 Å². The smallest absolute Gasteiger partial charge is 0.299 e. The van der Waals surface area contributed by atoms with Crippen molar-refractivity contribution in [2.45, 2.75) is 19.8 Å². The second kappa shape index (κ2) is 11.3. The highest BCUT2D eigenvalue weighted by Crippen LogP contribution is 2.00. The molecule has 0 heterocycles. The van der Waals surface area contributed by atoms with Gasteiger partial charge in [0.15, 0.2) is 0 Å². The van der Waals surface area contributed by atoms with Gasteiger partial charge >= 0.3 is 0 Å². The van der Waals surface area contributed by atoms with Gasteiger partial charge in [-0.15, -0.1) is 0 Å². The highest BCUT2D eigenvalue weighted by Gasteiger charge is 2.05. The summed E-state index contributed by atoms with van der Waals surface area (Å²) < 4.78 is 22.8. The van der Waals surface area contributed by atoms with Gasteiger partial charge < -0.3 is 10.1 Å². The van der Waals surface area contributed by atoms with Crippen molar-refractivity contribution in [2.24, 2.45) is 5.92 Å². The monoisotopic (exact) mass is 301 g/mol. The molecule has 3 N–H and O–H groups in total. The fraction of sp³-hybridized carbons (Fsp3) is 0.385. The van der Waals surface area contributed by atoms with Crippen LogP contribution in [-0.4, -0.2) is 32.1 Å². The number of hydrogen-bond acceptors (Lipinski definition) is 3. The summed E-state index contributed by atoms with van der Waals surface area (Å²) in [6.45, 7) is 2.50. The summed E-state index contributed by atoms with van der Waals surface area (Å²) in [6.07, 6.45) is 1.77. The predicted octanol–water partition coefficient (Wildman–Crippen LogP) is 1.25. The summed E-state index contributed by atoms with van der Waals surface area (Å²) in [5.41, 5.74) is 1.00. The van der Waals surface area contributed by atoms with Crippen LogP contribution < -0.4 is 5.32 Å². The van der Waals surface area contributed by atoms with Crippen molar-refractivity contribution in [1.82, 2.24) is 5.32 Å². The Kier molecular flexibility index (Phi) is 10.4. The van der Waals surface area contributed by atoms with E-state index in [1.165, 1.54) is 0 Å². The van der Waals surface area contributed by atoms with E-state index in [0.29, 0.717) is 19.4 Å². The molecule has 1 rings (SSSR count). The molecule has 0 fully saturated rings. The number of carbonyl (C=O) groups excluding carboxylic acids is 2. The summed E-state index contributed by atoms with van der Waals surface area (Å²) in [5.74, 6) is 0.209. The molecule has 20 heavy (non-hydrogen) atoms. The molecule has 0 bridgehead atoms. The number of amides is 1. The van der Waals surface area contributed by atoms with E-state index < -0.39 is 11.4 Å². The summed E-state index contributed by atoms with van der Waals surface area (Å²) in [6, 6.07) is 9.60. The lowest BCUT2D eigenvalue weighted by Crippen LogP contribution is -2.29. The first-order chi connectivity index (χ1) is 9.45. The molecule has 0 aliphatic heterocycles. The van der Waals surface area contributed by atoms with Crippen LogP contribution in [0.25, 0.3) is 0 Å². The van der Waals surface area contributed by atoms with Crippen molar-refractivity contribution >= 4 is 23.6 Å². The second-order valence-electron chi connectivity index (χ2n) is 4.20. The molecule has 7 heteroatoms. The Morgan fingerprint density at radius 1 is 1.35 bits per heavy atom. The molecule has 112 valence electrons. The minimum Gasteiger partial charge on any atom is -0.356 e. The van der Waals surface area contributed by atoms with Gasteiger partial charge in [0.05, 0.1) is 6.42 Å². The number of rotatable bonds is 6. The Balaban J connectivity index is 0.000000796. The van der Waals surface area contributed by atoms with E-state index in [1.807, 2.05) is 37.3 Å². The van der Waals surface area contributed by atoms with Crippen LogP contribution in [0.2, 0.25) is 0 Å². The van der Waals surface area contributed by atoms with Crippen LogP contribution in [0.1, 0.15) is 18.9 Å². The van der Waals surface area contributed by atoms with Crippen LogP contribution in [-0.2, 0) is 27.4 Å². The zero-order valence-corrected chi connectivity index (χ0v) is 12.0. The number of hydrogen-bond donors (Lipinski definition) is 3. The van der Waals surface area contributed by atoms with Gasteiger partial charge in [-0.3, -0.25) is 13.9 Å². The lowest BCUT2D eigenvalue weighted by molar-refractivity contribution is -0.120. The number of nitrogens with one attached hydrogen (secondary N) is 1. The SMILES string of the molecule is CC(CC=O)CNC(=O)Cc1ccccc1.O=S(O)O. The van der Waals surface area contributed by atoms with Gasteiger partial charge in [0, 0.05) is 13.0 Å². The predicted molar refractivity (Wildman–Crippen MR) is 76.4 cm³/mol. The highest BCUT2D eigenvalue weighted by molar-refractivity contribution is 7.73. The third-order valence-corrected chi connectivity index (χ3v) is 2.35. The van der Waals surface area contributed by atoms with Crippen LogP contribution in [0.15, 0.2) is 30.3 Å². The zero-order chi connectivity index (χ0) is 15.4. The molecule has 1 unspecified atom stereocenters. The van der Waals surface area contributed by atoms with E-state index in [-0.39, 0.29) is 11.8 Å². The third kappa shape index (κ3) is 11.5. The van der Waals surface area contributed by atoms with Gasteiger partial charge in [-0.1, -0.05) is 37.3 Å². The average molecular weight is 301 g/mol. The molecule has 1 aromatic rings. The normalized spacial score (nSPS) is 11.2. The fourth-order valence-electron chi connectivity index (χ4n) is 1.38. The average Bonchev–Trinajstić information content (AvgIpc) is 2.37. The number of carbonyl (C=O) groups is 2. The second-order valence-corrected chi connectivity index (χ2v) is 4.67. The molecule has 0 aliphatic rings. The van der Waals surface area contributed by atoms with Crippen LogP contribution in [0.3, 0.4) is 0 Å². The maximum Gasteiger partial charge on any atom is 0.299 e. The van der Waals surface area contributed by atoms with Crippen molar-refractivity contribution in [3.8, 4) is 0 Å². The first-order valence-corrected chi connectivity index (χ1v) is 7.06.